The van der Waals surface area contributed by atoms with Crippen molar-refractivity contribution in [3.8, 4) is 11.1 Å². The number of nitrogens with zero attached hydrogens (tertiary/aromatic N) is 5. The molecule has 126 valence electrons. The summed E-state index contributed by atoms with van der Waals surface area (Å²) >= 11 is 7.77. The van der Waals surface area contributed by atoms with Gasteiger partial charge in [-0.25, -0.2) is 4.98 Å². The molecule has 0 unspecified atom stereocenters. The minimum atomic E-state index is -0.0419. The van der Waals surface area contributed by atoms with Crippen LogP contribution in [-0.4, -0.2) is 24.5 Å². The summed E-state index contributed by atoms with van der Waals surface area (Å²) in [4.78, 5) is 18.1. The van der Waals surface area contributed by atoms with Crippen LogP contribution in [0.2, 0.25) is 5.02 Å². The van der Waals surface area contributed by atoms with Gasteiger partial charge < -0.3 is 0 Å². The van der Waals surface area contributed by atoms with E-state index in [1.807, 2.05) is 29.6 Å². The van der Waals surface area contributed by atoms with Gasteiger partial charge in [-0.05, 0) is 12.5 Å². The van der Waals surface area contributed by atoms with Gasteiger partial charge in [-0.1, -0.05) is 35.0 Å². The topological polar surface area (TPSA) is 65.6 Å². The van der Waals surface area contributed by atoms with Crippen LogP contribution in [-0.2, 0) is 13.1 Å². The van der Waals surface area contributed by atoms with Crippen molar-refractivity contribution in [3.63, 3.8) is 0 Å². The van der Waals surface area contributed by atoms with Gasteiger partial charge in [-0.3, -0.25) is 14.0 Å². The van der Waals surface area contributed by atoms with Gasteiger partial charge in [-0.2, -0.15) is 0 Å². The molecule has 1 aromatic carbocycles. The number of hydrogen-bond donors (Lipinski definition) is 0. The Kier molecular flexibility index (Phi) is 4.33. The lowest BCUT2D eigenvalue weighted by Crippen LogP contribution is -2.21. The number of aryl methyl sites for hydroxylation is 2. The van der Waals surface area contributed by atoms with E-state index in [1.165, 1.54) is 11.3 Å². The van der Waals surface area contributed by atoms with E-state index < -0.39 is 0 Å². The Bertz CT molecular complexity index is 1070. The zero-order valence-corrected chi connectivity index (χ0v) is 14.7. The van der Waals surface area contributed by atoms with E-state index in [-0.39, 0.29) is 5.56 Å². The van der Waals surface area contributed by atoms with E-state index in [0.717, 1.165) is 22.4 Å². The molecule has 0 N–H and O–H groups in total. The van der Waals surface area contributed by atoms with Gasteiger partial charge in [0.1, 0.15) is 4.83 Å². The molecule has 4 aromatic rings. The highest BCUT2D eigenvalue weighted by atomic mass is 35.5. The molecule has 6 nitrogen and oxygen atoms in total. The minimum absolute atomic E-state index is 0.0419. The summed E-state index contributed by atoms with van der Waals surface area (Å²) in [7, 11) is 0. The van der Waals surface area contributed by atoms with E-state index in [0.29, 0.717) is 23.5 Å². The molecule has 0 spiro atoms. The van der Waals surface area contributed by atoms with Crippen LogP contribution >= 0.6 is 22.9 Å². The number of benzene rings is 1. The zero-order valence-electron chi connectivity index (χ0n) is 13.2. The maximum atomic E-state index is 12.9. The number of aromatic nitrogens is 5. The Morgan fingerprint density at radius 1 is 1.16 bits per heavy atom. The first-order valence-electron chi connectivity index (χ1n) is 7.79. The molecule has 0 aliphatic heterocycles. The van der Waals surface area contributed by atoms with Crippen molar-refractivity contribution < 1.29 is 0 Å². The molecule has 25 heavy (non-hydrogen) atoms. The number of halogens is 1. The summed E-state index contributed by atoms with van der Waals surface area (Å²) in [6.07, 6.45) is 5.82. The average molecular weight is 372 g/mol. The smallest absolute Gasteiger partial charge is 0.262 e. The summed E-state index contributed by atoms with van der Waals surface area (Å²) in [6.45, 7) is 1.27. The van der Waals surface area contributed by atoms with Gasteiger partial charge in [0.25, 0.3) is 5.56 Å². The maximum Gasteiger partial charge on any atom is 0.262 e. The molecule has 0 saturated carbocycles. The van der Waals surface area contributed by atoms with E-state index in [2.05, 4.69) is 15.3 Å². The maximum absolute atomic E-state index is 12.9. The van der Waals surface area contributed by atoms with Gasteiger partial charge in [0.2, 0.25) is 0 Å². The standard InChI is InChI=1S/C17H14ClN5OS/c18-14-5-2-1-4-12(14)13-10-25-16-15(13)17(24)22(11-19-16)7-3-8-23-9-6-20-21-23/h1-2,4-6,9-11H,3,7-8H2. The lowest BCUT2D eigenvalue weighted by molar-refractivity contribution is 0.507. The van der Waals surface area contributed by atoms with Gasteiger partial charge >= 0.3 is 0 Å². The van der Waals surface area contributed by atoms with Crippen LogP contribution in [0.1, 0.15) is 6.42 Å². The quantitative estimate of drug-likeness (QED) is 0.539. The molecule has 0 aliphatic carbocycles. The third-order valence-electron chi connectivity index (χ3n) is 3.98. The van der Waals surface area contributed by atoms with Crippen LogP contribution in [0.15, 0.2) is 53.2 Å². The molecule has 0 saturated heterocycles. The average Bonchev–Trinajstić information content (AvgIpc) is 3.27. The second-order valence-electron chi connectivity index (χ2n) is 5.57. The molecule has 4 rings (SSSR count). The number of fused-ring (bicyclic) bond motifs is 1. The van der Waals surface area contributed by atoms with Gasteiger partial charge in [-0.15, -0.1) is 16.4 Å². The van der Waals surface area contributed by atoms with Crippen molar-refractivity contribution >= 4 is 33.2 Å². The van der Waals surface area contributed by atoms with Crippen LogP contribution in [0, 0.1) is 0 Å². The monoisotopic (exact) mass is 371 g/mol. The lowest BCUT2D eigenvalue weighted by Gasteiger charge is -2.07. The van der Waals surface area contributed by atoms with Crippen molar-refractivity contribution in [2.24, 2.45) is 0 Å². The summed E-state index contributed by atoms with van der Waals surface area (Å²) < 4.78 is 3.39. The Balaban J connectivity index is 1.68. The first-order chi connectivity index (χ1) is 12.2. The second-order valence-corrected chi connectivity index (χ2v) is 6.84. The van der Waals surface area contributed by atoms with Gasteiger partial charge in [0, 0.05) is 40.8 Å². The van der Waals surface area contributed by atoms with Crippen LogP contribution < -0.4 is 5.56 Å². The molecule has 0 aliphatic rings. The fourth-order valence-corrected chi connectivity index (χ4v) is 3.89. The van der Waals surface area contributed by atoms with E-state index >= 15 is 0 Å². The second kappa shape index (κ2) is 6.78. The third kappa shape index (κ3) is 3.08. The highest BCUT2D eigenvalue weighted by Crippen LogP contribution is 2.34. The predicted molar refractivity (Wildman–Crippen MR) is 99.0 cm³/mol. The van der Waals surface area contributed by atoms with Crippen molar-refractivity contribution in [1.29, 1.82) is 0 Å². The first kappa shape index (κ1) is 16.0. The SMILES string of the molecule is O=c1c2c(-c3ccccc3Cl)csc2ncn1CCCn1ccnn1. The Hall–Kier alpha value is -2.51. The largest absolute Gasteiger partial charge is 0.299 e. The van der Waals surface area contributed by atoms with Gasteiger partial charge in [0.05, 0.1) is 17.9 Å². The van der Waals surface area contributed by atoms with Crippen molar-refractivity contribution in [1.82, 2.24) is 24.5 Å². The van der Waals surface area contributed by atoms with Crippen LogP contribution in [0.3, 0.4) is 0 Å². The van der Waals surface area contributed by atoms with E-state index in [4.69, 9.17) is 11.6 Å². The minimum Gasteiger partial charge on any atom is -0.299 e. The molecule has 0 radical (unpaired) electrons. The van der Waals surface area contributed by atoms with Crippen LogP contribution in [0.4, 0.5) is 0 Å². The van der Waals surface area contributed by atoms with Crippen molar-refractivity contribution in [2.45, 2.75) is 19.5 Å². The first-order valence-corrected chi connectivity index (χ1v) is 9.05. The Labute approximate surface area is 152 Å². The van der Waals surface area contributed by atoms with Gasteiger partial charge in [0.15, 0.2) is 0 Å². The van der Waals surface area contributed by atoms with Crippen molar-refractivity contribution in [3.05, 3.63) is 63.7 Å². The third-order valence-corrected chi connectivity index (χ3v) is 5.20. The fraction of sp³-hybridized carbons (Fsp3) is 0.176. The molecule has 0 amide bonds. The molecule has 3 heterocycles. The molecule has 0 atom stereocenters. The molecular weight excluding hydrogens is 358 g/mol. The summed E-state index contributed by atoms with van der Waals surface area (Å²) in [6, 6.07) is 7.54. The molecular formula is C17H14ClN5OS. The molecule has 8 heteroatoms. The highest BCUT2D eigenvalue weighted by molar-refractivity contribution is 7.17. The molecule has 0 fully saturated rings. The summed E-state index contributed by atoms with van der Waals surface area (Å²) in [5.74, 6) is 0. The van der Waals surface area contributed by atoms with E-state index in [1.54, 1.807) is 28.0 Å². The highest BCUT2D eigenvalue weighted by Gasteiger charge is 2.15. The zero-order chi connectivity index (χ0) is 17.2. The summed E-state index contributed by atoms with van der Waals surface area (Å²) in [5, 5.41) is 10.9. The number of rotatable bonds is 5. The fourth-order valence-electron chi connectivity index (χ4n) is 2.76. The van der Waals surface area contributed by atoms with Crippen LogP contribution in [0.5, 0.6) is 0 Å². The Morgan fingerprint density at radius 3 is 2.84 bits per heavy atom. The van der Waals surface area contributed by atoms with Crippen molar-refractivity contribution in [2.75, 3.05) is 0 Å². The molecule has 3 aromatic heterocycles. The Morgan fingerprint density at radius 2 is 2.04 bits per heavy atom. The van der Waals surface area contributed by atoms with Crippen LogP contribution in [0.25, 0.3) is 21.3 Å². The predicted octanol–water partition coefficient (Wildman–Crippen LogP) is 3.46. The van der Waals surface area contributed by atoms with E-state index in [9.17, 15) is 4.79 Å². The molecule has 0 bridgehead atoms. The lowest BCUT2D eigenvalue weighted by atomic mass is 10.1. The summed E-state index contributed by atoms with van der Waals surface area (Å²) in [5.41, 5.74) is 1.66. The normalized spacial score (nSPS) is 11.2. The number of thiophene rings is 1. The number of hydrogen-bond acceptors (Lipinski definition) is 5.